The predicted octanol–water partition coefficient (Wildman–Crippen LogP) is 2.64. The molecule has 18 heavy (non-hydrogen) atoms. The molecule has 4 nitrogen and oxygen atoms in total. The van der Waals surface area contributed by atoms with Crippen molar-refractivity contribution in [3.63, 3.8) is 0 Å². The second-order valence-corrected chi connectivity index (χ2v) is 4.45. The maximum absolute atomic E-state index is 9.30. The molecular formula is C13H15ClN2O2. The first-order chi connectivity index (χ1) is 8.58. The number of benzene rings is 1. The van der Waals surface area contributed by atoms with Crippen LogP contribution in [0.4, 0.5) is 0 Å². The Morgan fingerprint density at radius 2 is 2.11 bits per heavy atom. The highest BCUT2D eigenvalue weighted by Gasteiger charge is 2.12. The number of nitrogens with zero attached hydrogens (tertiary/aromatic N) is 2. The molecule has 0 aliphatic rings. The summed E-state index contributed by atoms with van der Waals surface area (Å²) in [4.78, 5) is 0. The van der Waals surface area contributed by atoms with E-state index in [2.05, 4.69) is 5.10 Å². The number of methoxy groups -OCH3 is 1. The van der Waals surface area contributed by atoms with Gasteiger partial charge >= 0.3 is 0 Å². The normalized spacial score (nSPS) is 10.7. The second kappa shape index (κ2) is 5.00. The Morgan fingerprint density at radius 1 is 1.39 bits per heavy atom. The molecule has 96 valence electrons. The van der Waals surface area contributed by atoms with Gasteiger partial charge in [-0.25, -0.2) is 4.68 Å². The Balaban J connectivity index is 2.52. The van der Waals surface area contributed by atoms with Crippen molar-refractivity contribution in [2.75, 3.05) is 7.11 Å². The topological polar surface area (TPSA) is 47.3 Å². The molecule has 1 heterocycles. The molecule has 0 atom stereocenters. The SMILES string of the molecule is COc1ccc(-n2nc(C)c(CO)c2C)cc1Cl. The minimum Gasteiger partial charge on any atom is -0.495 e. The van der Waals surface area contributed by atoms with Gasteiger partial charge in [-0.1, -0.05) is 11.6 Å². The van der Waals surface area contributed by atoms with Crippen LogP contribution in [0, 0.1) is 13.8 Å². The van der Waals surface area contributed by atoms with Gasteiger partial charge < -0.3 is 9.84 Å². The zero-order chi connectivity index (χ0) is 13.3. The smallest absolute Gasteiger partial charge is 0.137 e. The molecule has 0 bridgehead atoms. The van der Waals surface area contributed by atoms with E-state index in [0.717, 1.165) is 22.6 Å². The van der Waals surface area contributed by atoms with Gasteiger partial charge in [-0.05, 0) is 32.0 Å². The van der Waals surface area contributed by atoms with Crippen LogP contribution in [0.15, 0.2) is 18.2 Å². The fraction of sp³-hybridized carbons (Fsp3) is 0.308. The fourth-order valence-corrected chi connectivity index (χ4v) is 2.19. The van der Waals surface area contributed by atoms with Gasteiger partial charge in [-0.2, -0.15) is 5.10 Å². The molecule has 0 spiro atoms. The van der Waals surface area contributed by atoms with Crippen molar-refractivity contribution in [1.82, 2.24) is 9.78 Å². The summed E-state index contributed by atoms with van der Waals surface area (Å²) in [7, 11) is 1.58. The second-order valence-electron chi connectivity index (χ2n) is 4.04. The van der Waals surface area contributed by atoms with Gasteiger partial charge in [0.25, 0.3) is 0 Å². The number of hydrogen-bond donors (Lipinski definition) is 1. The summed E-state index contributed by atoms with van der Waals surface area (Å²) in [6, 6.07) is 5.47. The highest BCUT2D eigenvalue weighted by molar-refractivity contribution is 6.32. The van der Waals surface area contributed by atoms with Crippen LogP contribution in [0.1, 0.15) is 17.0 Å². The summed E-state index contributed by atoms with van der Waals surface area (Å²) in [6.45, 7) is 3.78. The molecule has 1 aromatic heterocycles. The van der Waals surface area contributed by atoms with Crippen molar-refractivity contribution in [2.24, 2.45) is 0 Å². The lowest BCUT2D eigenvalue weighted by Crippen LogP contribution is -2.00. The van der Waals surface area contributed by atoms with Gasteiger partial charge in [-0.3, -0.25) is 0 Å². The standard InChI is InChI=1S/C13H15ClN2O2/c1-8-11(7-17)9(2)16(15-8)10-4-5-13(18-3)12(14)6-10/h4-6,17H,7H2,1-3H3. The highest BCUT2D eigenvalue weighted by Crippen LogP contribution is 2.27. The molecule has 2 rings (SSSR count). The van der Waals surface area contributed by atoms with Crippen molar-refractivity contribution >= 4 is 11.6 Å². The third kappa shape index (κ3) is 2.09. The number of aryl methyl sites for hydroxylation is 1. The van der Waals surface area contributed by atoms with E-state index >= 15 is 0 Å². The average Bonchev–Trinajstić information content (AvgIpc) is 2.64. The van der Waals surface area contributed by atoms with Gasteiger partial charge in [0.05, 0.1) is 30.1 Å². The number of aliphatic hydroxyl groups excluding tert-OH is 1. The number of aromatic nitrogens is 2. The minimum atomic E-state index is -0.0123. The van der Waals surface area contributed by atoms with Crippen LogP contribution in [0.5, 0.6) is 5.75 Å². The molecule has 1 aromatic carbocycles. The third-order valence-corrected chi connectivity index (χ3v) is 3.27. The Morgan fingerprint density at radius 3 is 2.61 bits per heavy atom. The van der Waals surface area contributed by atoms with E-state index in [9.17, 15) is 5.11 Å². The first-order valence-corrected chi connectivity index (χ1v) is 5.96. The van der Waals surface area contributed by atoms with Crippen LogP contribution in [-0.2, 0) is 6.61 Å². The van der Waals surface area contributed by atoms with Crippen molar-refractivity contribution in [3.05, 3.63) is 40.2 Å². The number of aliphatic hydroxyl groups is 1. The molecule has 0 radical (unpaired) electrons. The van der Waals surface area contributed by atoms with Crippen molar-refractivity contribution < 1.29 is 9.84 Å². The van der Waals surface area contributed by atoms with Crippen LogP contribution < -0.4 is 4.74 Å². The molecule has 1 N–H and O–H groups in total. The number of halogens is 1. The van der Waals surface area contributed by atoms with Gasteiger partial charge in [0.2, 0.25) is 0 Å². The molecule has 0 fully saturated rings. The van der Waals surface area contributed by atoms with E-state index in [-0.39, 0.29) is 6.61 Å². The lowest BCUT2D eigenvalue weighted by atomic mass is 10.2. The number of ether oxygens (including phenoxy) is 1. The Bertz CT molecular complexity index is 579. The largest absolute Gasteiger partial charge is 0.495 e. The quantitative estimate of drug-likeness (QED) is 0.929. The van der Waals surface area contributed by atoms with E-state index in [0.29, 0.717) is 10.8 Å². The Kier molecular flexibility index (Phi) is 3.59. The molecule has 5 heteroatoms. The summed E-state index contributed by atoms with van der Waals surface area (Å²) >= 11 is 6.10. The van der Waals surface area contributed by atoms with E-state index in [4.69, 9.17) is 16.3 Å². The van der Waals surface area contributed by atoms with Crippen LogP contribution in [0.2, 0.25) is 5.02 Å². The lowest BCUT2D eigenvalue weighted by Gasteiger charge is -2.08. The molecule has 2 aromatic rings. The van der Waals surface area contributed by atoms with Crippen LogP contribution in [0.25, 0.3) is 5.69 Å². The zero-order valence-corrected chi connectivity index (χ0v) is 11.3. The molecule has 0 amide bonds. The summed E-state index contributed by atoms with van der Waals surface area (Å²) in [6.07, 6.45) is 0. The van der Waals surface area contributed by atoms with Crippen LogP contribution in [-0.4, -0.2) is 22.0 Å². The first kappa shape index (κ1) is 12.9. The van der Waals surface area contributed by atoms with Crippen molar-refractivity contribution in [3.8, 4) is 11.4 Å². The molecule has 0 saturated carbocycles. The van der Waals surface area contributed by atoms with E-state index in [1.165, 1.54) is 0 Å². The number of rotatable bonds is 3. The lowest BCUT2D eigenvalue weighted by molar-refractivity contribution is 0.280. The average molecular weight is 267 g/mol. The van der Waals surface area contributed by atoms with E-state index < -0.39 is 0 Å². The van der Waals surface area contributed by atoms with Crippen LogP contribution in [0.3, 0.4) is 0 Å². The molecule has 0 saturated heterocycles. The minimum absolute atomic E-state index is 0.0123. The predicted molar refractivity (Wildman–Crippen MR) is 70.5 cm³/mol. The fourth-order valence-electron chi connectivity index (χ4n) is 1.94. The maximum atomic E-state index is 9.30. The Labute approximate surface area is 111 Å². The monoisotopic (exact) mass is 266 g/mol. The van der Waals surface area contributed by atoms with E-state index in [1.807, 2.05) is 19.9 Å². The molecule has 0 aliphatic heterocycles. The molecule has 0 aliphatic carbocycles. The van der Waals surface area contributed by atoms with Crippen molar-refractivity contribution in [2.45, 2.75) is 20.5 Å². The first-order valence-electron chi connectivity index (χ1n) is 5.58. The highest BCUT2D eigenvalue weighted by atomic mass is 35.5. The maximum Gasteiger partial charge on any atom is 0.137 e. The molecular weight excluding hydrogens is 252 g/mol. The Hall–Kier alpha value is -1.52. The van der Waals surface area contributed by atoms with Gasteiger partial charge in [0.1, 0.15) is 5.75 Å². The summed E-state index contributed by atoms with van der Waals surface area (Å²) in [5.74, 6) is 0.629. The van der Waals surface area contributed by atoms with Gasteiger partial charge in [-0.15, -0.1) is 0 Å². The third-order valence-electron chi connectivity index (χ3n) is 2.98. The van der Waals surface area contributed by atoms with Crippen molar-refractivity contribution in [1.29, 1.82) is 0 Å². The van der Waals surface area contributed by atoms with Gasteiger partial charge in [0.15, 0.2) is 0 Å². The number of hydrogen-bond acceptors (Lipinski definition) is 3. The van der Waals surface area contributed by atoms with E-state index in [1.54, 1.807) is 23.9 Å². The summed E-state index contributed by atoms with van der Waals surface area (Å²) in [5, 5.41) is 14.2. The zero-order valence-electron chi connectivity index (χ0n) is 10.6. The summed E-state index contributed by atoms with van der Waals surface area (Å²) in [5.41, 5.74) is 3.43. The molecule has 0 unspecified atom stereocenters. The summed E-state index contributed by atoms with van der Waals surface area (Å²) < 4.78 is 6.88. The van der Waals surface area contributed by atoms with Crippen LogP contribution >= 0.6 is 11.6 Å². The van der Waals surface area contributed by atoms with Gasteiger partial charge in [0, 0.05) is 11.3 Å².